The number of rotatable bonds is 5. The Morgan fingerprint density at radius 1 is 1.19 bits per heavy atom. The van der Waals surface area contributed by atoms with Gasteiger partial charge in [0.25, 0.3) is 5.56 Å². The monoisotopic (exact) mass is 370 g/mol. The van der Waals surface area contributed by atoms with Crippen molar-refractivity contribution in [3.8, 4) is 22.8 Å². The molecule has 1 aromatic heterocycles. The van der Waals surface area contributed by atoms with Gasteiger partial charge in [-0.15, -0.1) is 0 Å². The van der Waals surface area contributed by atoms with Crippen molar-refractivity contribution in [2.75, 3.05) is 32.7 Å². The first-order valence-corrected chi connectivity index (χ1v) is 9.56. The van der Waals surface area contributed by atoms with Gasteiger partial charge in [-0.1, -0.05) is 0 Å². The van der Waals surface area contributed by atoms with Crippen molar-refractivity contribution in [3.63, 3.8) is 0 Å². The lowest BCUT2D eigenvalue weighted by Crippen LogP contribution is -2.29. The van der Waals surface area contributed by atoms with E-state index >= 15 is 0 Å². The lowest BCUT2D eigenvalue weighted by molar-refractivity contribution is 0.0247. The van der Waals surface area contributed by atoms with E-state index in [4.69, 9.17) is 14.2 Å². The SMILES string of the molecule is COc1ccc(OC)c2c1CCn1c-2cc(NCC2CCCCO2)cc1=O. The van der Waals surface area contributed by atoms with Crippen molar-refractivity contribution in [2.24, 2.45) is 0 Å². The fourth-order valence-electron chi connectivity index (χ4n) is 4.06. The minimum absolute atomic E-state index is 0.00455. The number of hydrogen-bond acceptors (Lipinski definition) is 5. The Morgan fingerprint density at radius 3 is 2.74 bits per heavy atom. The van der Waals surface area contributed by atoms with E-state index in [1.165, 1.54) is 6.42 Å². The number of pyridine rings is 1. The molecule has 2 aliphatic rings. The maximum absolute atomic E-state index is 12.7. The summed E-state index contributed by atoms with van der Waals surface area (Å²) in [5.41, 5.74) is 3.71. The lowest BCUT2D eigenvalue weighted by atomic mass is 9.95. The van der Waals surface area contributed by atoms with Crippen LogP contribution in [0.4, 0.5) is 5.69 Å². The summed E-state index contributed by atoms with van der Waals surface area (Å²) in [6.07, 6.45) is 4.34. The second kappa shape index (κ2) is 7.64. The highest BCUT2D eigenvalue weighted by Gasteiger charge is 2.24. The smallest absolute Gasteiger partial charge is 0.253 e. The highest BCUT2D eigenvalue weighted by molar-refractivity contribution is 5.77. The average molecular weight is 370 g/mol. The summed E-state index contributed by atoms with van der Waals surface area (Å²) in [6, 6.07) is 7.52. The Bertz CT molecular complexity index is 884. The van der Waals surface area contributed by atoms with Crippen molar-refractivity contribution >= 4 is 5.69 Å². The molecule has 1 unspecified atom stereocenters. The molecule has 0 spiro atoms. The number of ether oxygens (including phenoxy) is 3. The van der Waals surface area contributed by atoms with Gasteiger partial charge in [-0.05, 0) is 43.9 Å². The van der Waals surface area contributed by atoms with E-state index in [9.17, 15) is 4.79 Å². The van der Waals surface area contributed by atoms with E-state index < -0.39 is 0 Å². The highest BCUT2D eigenvalue weighted by atomic mass is 16.5. The van der Waals surface area contributed by atoms with Gasteiger partial charge in [0.2, 0.25) is 0 Å². The number of benzene rings is 1. The molecular weight excluding hydrogens is 344 g/mol. The van der Waals surface area contributed by atoms with Gasteiger partial charge < -0.3 is 24.1 Å². The summed E-state index contributed by atoms with van der Waals surface area (Å²) in [5, 5.41) is 3.39. The van der Waals surface area contributed by atoms with Crippen LogP contribution in [0.15, 0.2) is 29.1 Å². The molecule has 1 saturated heterocycles. The van der Waals surface area contributed by atoms with E-state index in [1.54, 1.807) is 20.3 Å². The third kappa shape index (κ3) is 3.41. The van der Waals surface area contributed by atoms with E-state index in [0.29, 0.717) is 13.1 Å². The molecule has 0 bridgehead atoms. The molecule has 2 aromatic rings. The maximum atomic E-state index is 12.7. The van der Waals surface area contributed by atoms with Crippen LogP contribution in [-0.4, -0.2) is 38.0 Å². The molecule has 0 amide bonds. The Hall–Kier alpha value is -2.47. The molecule has 6 nitrogen and oxygen atoms in total. The zero-order chi connectivity index (χ0) is 18.8. The van der Waals surface area contributed by atoms with Crippen molar-refractivity contribution in [1.29, 1.82) is 0 Å². The molecular formula is C21H26N2O4. The third-order valence-corrected chi connectivity index (χ3v) is 5.45. The standard InChI is InChI=1S/C21H26N2O4/c1-25-18-6-7-19(26-2)21-16(18)8-9-23-17(21)11-14(12-20(23)24)22-13-15-5-3-4-10-27-15/h6-7,11-12,15,22H,3-5,8-10,13H2,1-2H3. The maximum Gasteiger partial charge on any atom is 0.253 e. The van der Waals surface area contributed by atoms with E-state index in [0.717, 1.165) is 59.9 Å². The Balaban J connectivity index is 1.71. The molecule has 1 aromatic carbocycles. The van der Waals surface area contributed by atoms with Crippen LogP contribution in [0.25, 0.3) is 11.3 Å². The number of methoxy groups -OCH3 is 2. The van der Waals surface area contributed by atoms with Crippen LogP contribution in [0.5, 0.6) is 11.5 Å². The van der Waals surface area contributed by atoms with E-state index in [-0.39, 0.29) is 11.7 Å². The summed E-state index contributed by atoms with van der Waals surface area (Å²) < 4.78 is 18.7. The van der Waals surface area contributed by atoms with Gasteiger partial charge in [0.05, 0.1) is 26.0 Å². The number of nitrogens with one attached hydrogen (secondary N) is 1. The lowest BCUT2D eigenvalue weighted by Gasteiger charge is -2.26. The van der Waals surface area contributed by atoms with Crippen LogP contribution in [0.3, 0.4) is 0 Å². The van der Waals surface area contributed by atoms with Crippen LogP contribution >= 0.6 is 0 Å². The third-order valence-electron chi connectivity index (χ3n) is 5.45. The zero-order valence-corrected chi connectivity index (χ0v) is 15.9. The summed E-state index contributed by atoms with van der Waals surface area (Å²) in [7, 11) is 3.33. The normalized spacial score (nSPS) is 18.4. The van der Waals surface area contributed by atoms with Gasteiger partial charge in [0.1, 0.15) is 11.5 Å². The Kier molecular flexibility index (Phi) is 5.07. The van der Waals surface area contributed by atoms with Gasteiger partial charge in [0, 0.05) is 42.6 Å². The average Bonchev–Trinajstić information content (AvgIpc) is 2.72. The first-order valence-electron chi connectivity index (χ1n) is 9.56. The minimum Gasteiger partial charge on any atom is -0.496 e. The van der Waals surface area contributed by atoms with Crippen molar-refractivity contribution in [1.82, 2.24) is 4.57 Å². The summed E-state index contributed by atoms with van der Waals surface area (Å²) in [5.74, 6) is 1.59. The van der Waals surface area contributed by atoms with E-state index in [1.807, 2.05) is 22.8 Å². The zero-order valence-electron chi connectivity index (χ0n) is 15.9. The molecule has 1 atom stereocenters. The van der Waals surface area contributed by atoms with Crippen molar-refractivity contribution in [3.05, 3.63) is 40.2 Å². The molecule has 4 rings (SSSR count). The second-order valence-corrected chi connectivity index (χ2v) is 7.06. The van der Waals surface area contributed by atoms with Gasteiger partial charge in [0.15, 0.2) is 0 Å². The molecule has 1 fully saturated rings. The number of aromatic nitrogens is 1. The highest BCUT2D eigenvalue weighted by Crippen LogP contribution is 2.41. The predicted molar refractivity (Wildman–Crippen MR) is 105 cm³/mol. The molecule has 6 heteroatoms. The fourth-order valence-corrected chi connectivity index (χ4v) is 4.06. The molecule has 0 saturated carbocycles. The Morgan fingerprint density at radius 2 is 2.00 bits per heavy atom. The van der Waals surface area contributed by atoms with Crippen LogP contribution in [0, 0.1) is 0 Å². The fraction of sp³-hybridized carbons (Fsp3) is 0.476. The Labute approximate surface area is 159 Å². The van der Waals surface area contributed by atoms with Gasteiger partial charge >= 0.3 is 0 Å². The first-order chi connectivity index (χ1) is 13.2. The number of nitrogens with zero attached hydrogens (tertiary/aromatic N) is 1. The molecule has 2 aliphatic heterocycles. The van der Waals surface area contributed by atoms with Crippen LogP contribution < -0.4 is 20.3 Å². The van der Waals surface area contributed by atoms with Gasteiger partial charge in [-0.2, -0.15) is 0 Å². The van der Waals surface area contributed by atoms with Gasteiger partial charge in [-0.25, -0.2) is 0 Å². The summed E-state index contributed by atoms with van der Waals surface area (Å²) in [4.78, 5) is 12.7. The van der Waals surface area contributed by atoms with Crippen LogP contribution in [0.1, 0.15) is 24.8 Å². The first kappa shape index (κ1) is 17.9. The topological polar surface area (TPSA) is 61.7 Å². The molecule has 3 heterocycles. The van der Waals surface area contributed by atoms with Crippen molar-refractivity contribution in [2.45, 2.75) is 38.3 Å². The molecule has 1 N–H and O–H groups in total. The number of fused-ring (bicyclic) bond motifs is 3. The quantitative estimate of drug-likeness (QED) is 0.876. The predicted octanol–water partition coefficient (Wildman–Crippen LogP) is 3.07. The van der Waals surface area contributed by atoms with Crippen molar-refractivity contribution < 1.29 is 14.2 Å². The summed E-state index contributed by atoms with van der Waals surface area (Å²) in [6.45, 7) is 2.17. The largest absolute Gasteiger partial charge is 0.496 e. The van der Waals surface area contributed by atoms with Gasteiger partial charge in [-0.3, -0.25) is 4.79 Å². The minimum atomic E-state index is -0.00455. The summed E-state index contributed by atoms with van der Waals surface area (Å²) >= 11 is 0. The number of hydrogen-bond donors (Lipinski definition) is 1. The second-order valence-electron chi connectivity index (χ2n) is 7.06. The molecule has 0 radical (unpaired) electrons. The molecule has 27 heavy (non-hydrogen) atoms. The van der Waals surface area contributed by atoms with Crippen LogP contribution in [0.2, 0.25) is 0 Å². The molecule has 0 aliphatic carbocycles. The van der Waals surface area contributed by atoms with E-state index in [2.05, 4.69) is 5.32 Å². The number of anilines is 1. The van der Waals surface area contributed by atoms with Crippen LogP contribution in [-0.2, 0) is 17.7 Å². The molecule has 144 valence electrons.